The van der Waals surface area contributed by atoms with Gasteiger partial charge in [-0.3, -0.25) is 0 Å². The summed E-state index contributed by atoms with van der Waals surface area (Å²) in [5.41, 5.74) is 0. The second kappa shape index (κ2) is 4.30. The fourth-order valence-corrected chi connectivity index (χ4v) is 1.55. The van der Waals surface area contributed by atoms with Gasteiger partial charge in [0.2, 0.25) is 0 Å². The first-order chi connectivity index (χ1) is 5.79. The Hall–Kier alpha value is -0.770. The Balaban J connectivity index is 2.46. The maximum atomic E-state index is 11.2. The van der Waals surface area contributed by atoms with Crippen LogP contribution in [0.15, 0.2) is 0 Å². The lowest BCUT2D eigenvalue weighted by Crippen LogP contribution is -2.43. The third kappa shape index (κ3) is 1.88. The number of amides is 2. The number of carbonyl (C=O) groups is 1. The highest BCUT2D eigenvalue weighted by atomic mass is 16.2. The Labute approximate surface area is 73.3 Å². The van der Waals surface area contributed by atoms with Gasteiger partial charge in [-0.15, -0.1) is 0 Å². The summed E-state index contributed by atoms with van der Waals surface area (Å²) in [7, 11) is 1.91. The summed E-state index contributed by atoms with van der Waals surface area (Å²) in [6.45, 7) is 4.62. The molecule has 1 aliphatic heterocycles. The molecule has 1 atom stereocenters. The normalized spacial score (nSPS) is 19.5. The molecule has 4 nitrogen and oxygen atoms in total. The first-order valence-electron chi connectivity index (χ1n) is 4.48. The second-order valence-electron chi connectivity index (χ2n) is 3.05. The molecule has 70 valence electrons. The van der Waals surface area contributed by atoms with Crippen LogP contribution in [-0.2, 0) is 0 Å². The molecule has 1 heterocycles. The number of likely N-dealkylation sites (N-methyl/N-ethyl adjacent to an activating group) is 1. The van der Waals surface area contributed by atoms with Gasteiger partial charge in [-0.05, 0) is 13.5 Å². The predicted molar refractivity (Wildman–Crippen MR) is 48.1 cm³/mol. The van der Waals surface area contributed by atoms with Crippen LogP contribution in [0.2, 0.25) is 0 Å². The molecular weight excluding hydrogens is 154 g/mol. The summed E-state index contributed by atoms with van der Waals surface area (Å²) < 4.78 is 0. The molecule has 1 rings (SSSR count). The van der Waals surface area contributed by atoms with Gasteiger partial charge in [-0.25, -0.2) is 4.79 Å². The molecule has 1 fully saturated rings. The van der Waals surface area contributed by atoms with Crippen LogP contribution >= 0.6 is 0 Å². The zero-order valence-electron chi connectivity index (χ0n) is 7.76. The van der Waals surface area contributed by atoms with Crippen molar-refractivity contribution in [3.8, 4) is 0 Å². The van der Waals surface area contributed by atoms with E-state index in [0.29, 0.717) is 6.04 Å². The van der Waals surface area contributed by atoms with Crippen LogP contribution < -0.4 is 10.6 Å². The van der Waals surface area contributed by atoms with E-state index in [4.69, 9.17) is 0 Å². The van der Waals surface area contributed by atoms with Crippen molar-refractivity contribution in [2.75, 3.05) is 26.7 Å². The molecule has 0 radical (unpaired) electrons. The van der Waals surface area contributed by atoms with Crippen LogP contribution in [0.5, 0.6) is 0 Å². The van der Waals surface area contributed by atoms with Crippen molar-refractivity contribution in [3.63, 3.8) is 0 Å². The van der Waals surface area contributed by atoms with E-state index in [9.17, 15) is 4.79 Å². The molecule has 0 aromatic heterocycles. The number of hydrogen-bond donors (Lipinski definition) is 2. The van der Waals surface area contributed by atoms with Gasteiger partial charge in [-0.2, -0.15) is 0 Å². The molecule has 1 unspecified atom stereocenters. The smallest absolute Gasteiger partial charge is 0.317 e. The van der Waals surface area contributed by atoms with E-state index in [2.05, 4.69) is 17.6 Å². The van der Waals surface area contributed by atoms with E-state index in [1.807, 2.05) is 11.9 Å². The maximum absolute atomic E-state index is 11.2. The van der Waals surface area contributed by atoms with Crippen molar-refractivity contribution in [2.45, 2.75) is 19.4 Å². The Kier molecular flexibility index (Phi) is 3.34. The van der Waals surface area contributed by atoms with Crippen molar-refractivity contribution < 1.29 is 4.79 Å². The van der Waals surface area contributed by atoms with E-state index in [1.165, 1.54) is 0 Å². The number of hydrogen-bond acceptors (Lipinski definition) is 2. The lowest BCUT2D eigenvalue weighted by Gasteiger charge is -2.25. The Morgan fingerprint density at radius 1 is 1.75 bits per heavy atom. The van der Waals surface area contributed by atoms with Crippen LogP contribution in [0.1, 0.15) is 13.3 Å². The van der Waals surface area contributed by atoms with Crippen molar-refractivity contribution in [2.24, 2.45) is 0 Å². The van der Waals surface area contributed by atoms with Crippen molar-refractivity contribution >= 4 is 6.03 Å². The van der Waals surface area contributed by atoms with Crippen LogP contribution in [0, 0.1) is 0 Å². The third-order valence-electron chi connectivity index (χ3n) is 2.24. The second-order valence-corrected chi connectivity index (χ2v) is 3.05. The number of rotatable bonds is 4. The Bertz CT molecular complexity index is 160. The highest BCUT2D eigenvalue weighted by Gasteiger charge is 2.25. The topological polar surface area (TPSA) is 44.4 Å². The van der Waals surface area contributed by atoms with Crippen molar-refractivity contribution in [1.82, 2.24) is 15.5 Å². The summed E-state index contributed by atoms with van der Waals surface area (Å²) in [4.78, 5) is 13.1. The third-order valence-corrected chi connectivity index (χ3v) is 2.24. The zero-order valence-corrected chi connectivity index (χ0v) is 7.76. The first-order valence-corrected chi connectivity index (χ1v) is 4.48. The van der Waals surface area contributed by atoms with Gasteiger partial charge < -0.3 is 15.5 Å². The minimum Gasteiger partial charge on any atom is -0.336 e. The van der Waals surface area contributed by atoms with Gasteiger partial charge in [0.05, 0.1) is 0 Å². The lowest BCUT2D eigenvalue weighted by molar-refractivity contribution is 0.195. The molecule has 0 aliphatic carbocycles. The summed E-state index contributed by atoms with van der Waals surface area (Å²) in [5.74, 6) is 0. The SMILES string of the molecule is CCC(CNC)N1CCNC1=O. The Morgan fingerprint density at radius 2 is 2.50 bits per heavy atom. The molecule has 4 heteroatoms. The van der Waals surface area contributed by atoms with E-state index in [-0.39, 0.29) is 6.03 Å². The summed E-state index contributed by atoms with van der Waals surface area (Å²) >= 11 is 0. The molecular formula is C8H17N3O. The lowest BCUT2D eigenvalue weighted by atomic mass is 10.2. The van der Waals surface area contributed by atoms with Crippen LogP contribution in [-0.4, -0.2) is 43.7 Å². The van der Waals surface area contributed by atoms with E-state index >= 15 is 0 Å². The minimum atomic E-state index is 0.0806. The molecule has 0 bridgehead atoms. The highest BCUT2D eigenvalue weighted by molar-refractivity contribution is 5.76. The maximum Gasteiger partial charge on any atom is 0.317 e. The average molecular weight is 171 g/mol. The molecule has 1 saturated heterocycles. The van der Waals surface area contributed by atoms with Gasteiger partial charge in [0, 0.05) is 25.7 Å². The van der Waals surface area contributed by atoms with Crippen molar-refractivity contribution in [1.29, 1.82) is 0 Å². The van der Waals surface area contributed by atoms with Gasteiger partial charge in [0.15, 0.2) is 0 Å². The number of nitrogens with one attached hydrogen (secondary N) is 2. The molecule has 0 spiro atoms. The molecule has 0 aromatic rings. The number of urea groups is 1. The fourth-order valence-electron chi connectivity index (χ4n) is 1.55. The standard InChI is InChI=1S/C8H17N3O/c1-3-7(6-9-2)11-5-4-10-8(11)12/h7,9H,3-6H2,1-2H3,(H,10,12). The first kappa shape index (κ1) is 9.32. The van der Waals surface area contributed by atoms with Crippen LogP contribution in [0.4, 0.5) is 4.79 Å². The van der Waals surface area contributed by atoms with Crippen molar-refractivity contribution in [3.05, 3.63) is 0 Å². The largest absolute Gasteiger partial charge is 0.336 e. The summed E-state index contributed by atoms with van der Waals surface area (Å²) in [6.07, 6.45) is 1.01. The van der Waals surface area contributed by atoms with E-state index in [0.717, 1.165) is 26.1 Å². The molecule has 0 saturated carbocycles. The summed E-state index contributed by atoms with van der Waals surface area (Å²) in [5, 5.41) is 5.90. The number of nitrogens with zero attached hydrogens (tertiary/aromatic N) is 1. The van der Waals surface area contributed by atoms with Gasteiger partial charge in [0.25, 0.3) is 0 Å². The van der Waals surface area contributed by atoms with Crippen LogP contribution in [0.3, 0.4) is 0 Å². The fraction of sp³-hybridized carbons (Fsp3) is 0.875. The molecule has 2 amide bonds. The highest BCUT2D eigenvalue weighted by Crippen LogP contribution is 2.06. The number of carbonyl (C=O) groups excluding carboxylic acids is 1. The average Bonchev–Trinajstić information content (AvgIpc) is 2.47. The van der Waals surface area contributed by atoms with Crippen LogP contribution in [0.25, 0.3) is 0 Å². The quantitative estimate of drug-likeness (QED) is 0.626. The molecule has 2 N–H and O–H groups in total. The van der Waals surface area contributed by atoms with Gasteiger partial charge in [-0.1, -0.05) is 6.92 Å². The molecule has 0 aromatic carbocycles. The predicted octanol–water partition coefficient (Wildman–Crippen LogP) is 0.00960. The summed E-state index contributed by atoms with van der Waals surface area (Å²) in [6, 6.07) is 0.426. The van der Waals surface area contributed by atoms with E-state index < -0.39 is 0 Å². The Morgan fingerprint density at radius 3 is 2.92 bits per heavy atom. The minimum absolute atomic E-state index is 0.0806. The monoisotopic (exact) mass is 171 g/mol. The zero-order chi connectivity index (χ0) is 8.97. The molecule has 1 aliphatic rings. The van der Waals surface area contributed by atoms with Gasteiger partial charge >= 0.3 is 6.03 Å². The van der Waals surface area contributed by atoms with E-state index in [1.54, 1.807) is 0 Å². The van der Waals surface area contributed by atoms with Gasteiger partial charge in [0.1, 0.15) is 0 Å². The molecule has 12 heavy (non-hydrogen) atoms.